The van der Waals surface area contributed by atoms with E-state index in [1.54, 1.807) is 6.92 Å². The number of pyridine rings is 1. The zero-order valence-electron chi connectivity index (χ0n) is 17.9. The first-order valence-electron chi connectivity index (χ1n) is 9.32. The molecule has 1 aromatic carbocycles. The summed E-state index contributed by atoms with van der Waals surface area (Å²) in [6, 6.07) is 5.98. The molecule has 0 radical (unpaired) electrons. The highest BCUT2D eigenvalue weighted by Gasteiger charge is 2.30. The summed E-state index contributed by atoms with van der Waals surface area (Å²) in [6.07, 6.45) is -3.66. The predicted molar refractivity (Wildman–Crippen MR) is 111 cm³/mol. The molecule has 4 nitrogen and oxygen atoms in total. The summed E-state index contributed by atoms with van der Waals surface area (Å²) in [4.78, 5) is 3.76. The Morgan fingerprint density at radius 2 is 1.48 bits per heavy atom. The van der Waals surface area contributed by atoms with E-state index in [4.69, 9.17) is 0 Å². The third-order valence-electron chi connectivity index (χ3n) is 4.57. The van der Waals surface area contributed by atoms with Crippen molar-refractivity contribution in [3.8, 4) is 5.75 Å². The maximum absolute atomic E-state index is 12.6. The van der Waals surface area contributed by atoms with Crippen molar-refractivity contribution in [3.05, 3.63) is 52.7 Å². The quantitative estimate of drug-likeness (QED) is 0.468. The van der Waals surface area contributed by atoms with E-state index in [1.807, 2.05) is 53.7 Å². The van der Waals surface area contributed by atoms with Crippen molar-refractivity contribution in [1.82, 2.24) is 4.98 Å². The second-order valence-corrected chi connectivity index (χ2v) is 9.16. The van der Waals surface area contributed by atoms with Crippen molar-refractivity contribution < 1.29 is 18.3 Å². The van der Waals surface area contributed by atoms with Crippen molar-refractivity contribution in [3.63, 3.8) is 0 Å². The lowest BCUT2D eigenvalue weighted by atomic mass is 9.78. The number of hydrogen-bond donors (Lipinski definition) is 2. The number of halogens is 3. The van der Waals surface area contributed by atoms with Gasteiger partial charge in [0, 0.05) is 17.3 Å². The highest BCUT2D eigenvalue weighted by molar-refractivity contribution is 5.99. The van der Waals surface area contributed by atoms with Gasteiger partial charge in [-0.1, -0.05) is 41.5 Å². The number of phenols is 1. The molecule has 0 bridgehead atoms. The van der Waals surface area contributed by atoms with Gasteiger partial charge in [-0.05, 0) is 47.6 Å². The van der Waals surface area contributed by atoms with Gasteiger partial charge in [0.25, 0.3) is 0 Å². The molecule has 0 atom stereocenters. The minimum Gasteiger partial charge on any atom is -0.507 e. The summed E-state index contributed by atoms with van der Waals surface area (Å²) >= 11 is 0. The number of benzene rings is 1. The van der Waals surface area contributed by atoms with Crippen LogP contribution in [0.5, 0.6) is 5.75 Å². The molecule has 1 aromatic heterocycles. The lowest BCUT2D eigenvalue weighted by molar-refractivity contribution is -0.137. The highest BCUT2D eigenvalue weighted by Crippen LogP contribution is 2.40. The minimum atomic E-state index is -4.43. The van der Waals surface area contributed by atoms with E-state index in [9.17, 15) is 18.3 Å². The van der Waals surface area contributed by atoms with E-state index >= 15 is 0 Å². The topological polar surface area (TPSA) is 57.5 Å². The van der Waals surface area contributed by atoms with Crippen LogP contribution in [0.2, 0.25) is 0 Å². The van der Waals surface area contributed by atoms with Crippen LogP contribution >= 0.6 is 0 Å². The van der Waals surface area contributed by atoms with Gasteiger partial charge in [-0.25, -0.2) is 4.98 Å². The molecule has 158 valence electrons. The molecule has 0 saturated heterocycles. The standard InChI is InChI=1S/C22H28F3N3O/c1-13(27-28-18-9-8-15(12-26-18)22(23,24)25)14-10-16(20(2,3)4)19(29)17(11-14)21(5,6)7/h8-12,29H,1-7H3,(H,26,28)/b27-13+. The monoisotopic (exact) mass is 407 g/mol. The average molecular weight is 407 g/mol. The molecule has 0 amide bonds. The van der Waals surface area contributed by atoms with Gasteiger partial charge in [0.2, 0.25) is 0 Å². The first-order valence-corrected chi connectivity index (χ1v) is 9.32. The Morgan fingerprint density at radius 1 is 0.966 bits per heavy atom. The summed E-state index contributed by atoms with van der Waals surface area (Å²) in [5.74, 6) is 0.488. The molecular weight excluding hydrogens is 379 g/mol. The van der Waals surface area contributed by atoms with Gasteiger partial charge in [0.15, 0.2) is 0 Å². The fourth-order valence-corrected chi connectivity index (χ4v) is 2.82. The van der Waals surface area contributed by atoms with Crippen LogP contribution in [-0.2, 0) is 17.0 Å². The van der Waals surface area contributed by atoms with Crippen LogP contribution < -0.4 is 5.43 Å². The smallest absolute Gasteiger partial charge is 0.417 e. The van der Waals surface area contributed by atoms with E-state index < -0.39 is 11.7 Å². The van der Waals surface area contributed by atoms with Crippen LogP contribution in [0.1, 0.15) is 70.7 Å². The van der Waals surface area contributed by atoms with Crippen LogP contribution in [0.25, 0.3) is 0 Å². The predicted octanol–water partition coefficient (Wildman–Crippen LogP) is 6.24. The number of aromatic nitrogens is 1. The van der Waals surface area contributed by atoms with E-state index in [1.165, 1.54) is 6.07 Å². The third kappa shape index (κ3) is 5.49. The average Bonchev–Trinajstić information content (AvgIpc) is 2.57. The lowest BCUT2D eigenvalue weighted by Gasteiger charge is -2.28. The number of anilines is 1. The van der Waals surface area contributed by atoms with E-state index in [0.29, 0.717) is 5.71 Å². The third-order valence-corrected chi connectivity index (χ3v) is 4.57. The Balaban J connectivity index is 2.40. The number of hydrazone groups is 1. The van der Waals surface area contributed by atoms with Gasteiger partial charge in [0.1, 0.15) is 11.6 Å². The summed E-state index contributed by atoms with van der Waals surface area (Å²) in [6.45, 7) is 13.9. The highest BCUT2D eigenvalue weighted by atomic mass is 19.4. The van der Waals surface area contributed by atoms with Gasteiger partial charge in [0.05, 0.1) is 11.3 Å². The molecule has 2 rings (SSSR count). The number of nitrogens with zero attached hydrogens (tertiary/aromatic N) is 2. The van der Waals surface area contributed by atoms with Gasteiger partial charge in [-0.15, -0.1) is 0 Å². The Labute approximate surface area is 169 Å². The second-order valence-electron chi connectivity index (χ2n) is 9.16. The molecule has 0 spiro atoms. The minimum absolute atomic E-state index is 0.211. The molecule has 1 heterocycles. The molecular formula is C22H28F3N3O. The van der Waals surface area contributed by atoms with Crippen LogP contribution in [-0.4, -0.2) is 15.8 Å². The van der Waals surface area contributed by atoms with Crippen LogP contribution in [0.3, 0.4) is 0 Å². The van der Waals surface area contributed by atoms with Gasteiger partial charge >= 0.3 is 6.18 Å². The first-order chi connectivity index (χ1) is 13.1. The largest absolute Gasteiger partial charge is 0.507 e. The normalized spacial score (nSPS) is 13.5. The number of rotatable bonds is 3. The number of alkyl halides is 3. The van der Waals surface area contributed by atoms with E-state index in [2.05, 4.69) is 15.5 Å². The summed E-state index contributed by atoms with van der Waals surface area (Å²) in [5.41, 5.74) is 4.40. The first kappa shape index (κ1) is 22.7. The Bertz CT molecular complexity index is 868. The van der Waals surface area contributed by atoms with Gasteiger partial charge in [-0.3, -0.25) is 5.43 Å². The zero-order chi connectivity index (χ0) is 22.2. The van der Waals surface area contributed by atoms with E-state index in [0.717, 1.165) is 29.0 Å². The summed E-state index contributed by atoms with van der Waals surface area (Å²) in [5, 5.41) is 15.1. The van der Waals surface area contributed by atoms with Crippen molar-refractivity contribution in [1.29, 1.82) is 0 Å². The molecule has 2 N–H and O–H groups in total. The van der Waals surface area contributed by atoms with Crippen molar-refractivity contribution in [2.24, 2.45) is 5.10 Å². The Hall–Kier alpha value is -2.57. The molecule has 29 heavy (non-hydrogen) atoms. The van der Waals surface area contributed by atoms with Crippen LogP contribution in [0.15, 0.2) is 35.6 Å². The second kappa shape index (κ2) is 7.69. The number of hydrogen-bond acceptors (Lipinski definition) is 4. The number of aromatic hydroxyl groups is 1. The van der Waals surface area contributed by atoms with Crippen molar-refractivity contribution >= 4 is 11.5 Å². The van der Waals surface area contributed by atoms with Crippen molar-refractivity contribution in [2.45, 2.75) is 65.5 Å². The molecule has 0 fully saturated rings. The SMILES string of the molecule is C/C(=N\Nc1ccc(C(F)(F)F)cn1)c1cc(C(C)(C)C)c(O)c(C(C)(C)C)c1. The van der Waals surface area contributed by atoms with E-state index in [-0.39, 0.29) is 22.4 Å². The lowest BCUT2D eigenvalue weighted by Crippen LogP contribution is -2.18. The molecule has 0 aliphatic carbocycles. The van der Waals surface area contributed by atoms with Gasteiger partial charge in [-0.2, -0.15) is 18.3 Å². The molecule has 0 aliphatic rings. The van der Waals surface area contributed by atoms with Crippen molar-refractivity contribution in [2.75, 3.05) is 5.43 Å². The fraction of sp³-hybridized carbons (Fsp3) is 0.455. The maximum Gasteiger partial charge on any atom is 0.417 e. The number of nitrogens with one attached hydrogen (secondary N) is 1. The Kier molecular flexibility index (Phi) is 6.02. The molecule has 2 aromatic rings. The molecule has 0 unspecified atom stereocenters. The fourth-order valence-electron chi connectivity index (χ4n) is 2.82. The Morgan fingerprint density at radius 3 is 1.86 bits per heavy atom. The molecule has 0 aliphatic heterocycles. The molecule has 0 saturated carbocycles. The summed E-state index contributed by atoms with van der Waals surface area (Å²) in [7, 11) is 0. The summed E-state index contributed by atoms with van der Waals surface area (Å²) < 4.78 is 37.9. The number of phenolic OH excluding ortho intramolecular Hbond substituents is 1. The van der Waals surface area contributed by atoms with Crippen LogP contribution in [0.4, 0.5) is 19.0 Å². The van der Waals surface area contributed by atoms with Crippen LogP contribution in [0, 0.1) is 0 Å². The maximum atomic E-state index is 12.6. The zero-order valence-corrected chi connectivity index (χ0v) is 17.9. The molecule has 7 heteroatoms. The van der Waals surface area contributed by atoms with Gasteiger partial charge < -0.3 is 5.11 Å².